The first-order chi connectivity index (χ1) is 16.3. The summed E-state index contributed by atoms with van der Waals surface area (Å²) in [6, 6.07) is 0. The zero-order valence-electron chi connectivity index (χ0n) is 20.9. The molecule has 6 unspecified atom stereocenters. The largest absolute Gasteiger partial charge is 0.462 e. The molecule has 0 radical (unpaired) electrons. The van der Waals surface area contributed by atoms with Gasteiger partial charge in [0.05, 0.1) is 12.9 Å². The van der Waals surface area contributed by atoms with E-state index in [1.807, 2.05) is 13.8 Å². The first kappa shape index (κ1) is 26.9. The van der Waals surface area contributed by atoms with Gasteiger partial charge >= 0.3 is 23.9 Å². The molecule has 0 aromatic heterocycles. The highest BCUT2D eigenvalue weighted by molar-refractivity contribution is 5.79. The monoisotopic (exact) mass is 498 g/mol. The van der Waals surface area contributed by atoms with Crippen molar-refractivity contribution in [1.82, 2.24) is 0 Å². The lowest BCUT2D eigenvalue weighted by atomic mass is 9.79. The van der Waals surface area contributed by atoms with Gasteiger partial charge in [0, 0.05) is 38.2 Å². The van der Waals surface area contributed by atoms with Gasteiger partial charge in [-0.05, 0) is 5.92 Å². The van der Waals surface area contributed by atoms with Gasteiger partial charge in [-0.15, -0.1) is 0 Å². The minimum Gasteiger partial charge on any atom is -0.462 e. The zero-order valence-corrected chi connectivity index (χ0v) is 20.9. The predicted octanol–water partition coefficient (Wildman–Crippen LogP) is 1.40. The zero-order chi connectivity index (χ0) is 26.1. The van der Waals surface area contributed by atoms with Crippen LogP contribution in [0.4, 0.5) is 0 Å². The summed E-state index contributed by atoms with van der Waals surface area (Å²) in [5, 5.41) is 11.8. The van der Waals surface area contributed by atoms with E-state index >= 15 is 0 Å². The van der Waals surface area contributed by atoms with Gasteiger partial charge in [-0.3, -0.25) is 14.4 Å². The molecule has 11 heteroatoms. The van der Waals surface area contributed by atoms with E-state index in [9.17, 15) is 24.3 Å². The topological polar surface area (TPSA) is 147 Å². The van der Waals surface area contributed by atoms with Gasteiger partial charge in [0.1, 0.15) is 29.8 Å². The third-order valence-corrected chi connectivity index (χ3v) is 6.36. The Morgan fingerprint density at radius 2 is 1.77 bits per heavy atom. The molecular weight excluding hydrogens is 464 g/mol. The van der Waals surface area contributed by atoms with Crippen LogP contribution < -0.4 is 0 Å². The minimum atomic E-state index is -1.72. The van der Waals surface area contributed by atoms with Gasteiger partial charge in [0.25, 0.3) is 6.29 Å². The number of hydrogen-bond donors (Lipinski definition) is 1. The number of carbonyl (C=O) groups is 4. The van der Waals surface area contributed by atoms with Crippen LogP contribution in [0.2, 0.25) is 0 Å². The molecule has 2 aliphatic heterocycles. The van der Waals surface area contributed by atoms with Crippen LogP contribution in [-0.2, 0) is 47.6 Å². The summed E-state index contributed by atoms with van der Waals surface area (Å²) < 4.78 is 32.8. The Morgan fingerprint density at radius 1 is 1.11 bits per heavy atom. The molecule has 0 amide bonds. The lowest BCUT2D eigenvalue weighted by Crippen LogP contribution is -2.53. The molecule has 1 spiro atoms. The molecule has 6 atom stereocenters. The maximum Gasteiger partial charge on any atom is 0.348 e. The number of esters is 4. The summed E-state index contributed by atoms with van der Waals surface area (Å²) in [5.41, 5.74) is -2.64. The molecular formula is C24H34O11. The molecule has 1 saturated heterocycles. The summed E-state index contributed by atoms with van der Waals surface area (Å²) in [5.74, 6) is -3.70. The fourth-order valence-corrected chi connectivity index (χ4v) is 4.73. The van der Waals surface area contributed by atoms with E-state index in [0.29, 0.717) is 0 Å². The molecule has 3 aliphatic rings. The van der Waals surface area contributed by atoms with E-state index in [1.54, 1.807) is 13.8 Å². The number of hydrogen-bond acceptors (Lipinski definition) is 11. The van der Waals surface area contributed by atoms with Crippen LogP contribution in [-0.4, -0.2) is 71.9 Å². The van der Waals surface area contributed by atoms with Gasteiger partial charge in [-0.2, -0.15) is 0 Å². The summed E-state index contributed by atoms with van der Waals surface area (Å²) in [6.07, 6.45) is -1.88. The van der Waals surface area contributed by atoms with Crippen LogP contribution in [0, 0.1) is 17.8 Å². The highest BCUT2D eigenvalue weighted by Gasteiger charge is 2.76. The van der Waals surface area contributed by atoms with E-state index in [2.05, 4.69) is 0 Å². The highest BCUT2D eigenvalue weighted by Crippen LogP contribution is 2.59. The van der Waals surface area contributed by atoms with Crippen LogP contribution in [0.1, 0.15) is 54.4 Å². The molecule has 0 aromatic rings. The van der Waals surface area contributed by atoms with E-state index in [4.69, 9.17) is 28.4 Å². The van der Waals surface area contributed by atoms with Crippen molar-refractivity contribution >= 4 is 23.9 Å². The SMILES string of the molecule is CC(=O)OC(C(=O)OCC1=COC(OC(=O)CC(C)C)C2C1(O)CC(OC(C)=O)C21CO1)C(C)C. The first-order valence-corrected chi connectivity index (χ1v) is 11.7. The Hall–Kier alpha value is -2.66. The number of rotatable bonds is 9. The van der Waals surface area contributed by atoms with Gasteiger partial charge in [0.2, 0.25) is 6.10 Å². The second-order valence-electron chi connectivity index (χ2n) is 10.1. The van der Waals surface area contributed by atoms with Crippen LogP contribution in [0.5, 0.6) is 0 Å². The van der Waals surface area contributed by atoms with Gasteiger partial charge in [-0.1, -0.05) is 27.7 Å². The van der Waals surface area contributed by atoms with Gasteiger partial charge < -0.3 is 33.5 Å². The number of epoxide rings is 1. The average Bonchev–Trinajstić information content (AvgIpc) is 3.46. The van der Waals surface area contributed by atoms with Crippen LogP contribution in [0.3, 0.4) is 0 Å². The Bertz CT molecular complexity index is 888. The van der Waals surface area contributed by atoms with Crippen molar-refractivity contribution in [2.75, 3.05) is 13.2 Å². The van der Waals surface area contributed by atoms with Crippen molar-refractivity contribution in [3.05, 3.63) is 11.8 Å². The van der Waals surface area contributed by atoms with Crippen molar-refractivity contribution in [3.63, 3.8) is 0 Å². The molecule has 0 aromatic carbocycles. The molecule has 35 heavy (non-hydrogen) atoms. The van der Waals surface area contributed by atoms with Crippen molar-refractivity contribution < 1.29 is 52.7 Å². The van der Waals surface area contributed by atoms with E-state index in [1.165, 1.54) is 20.1 Å². The maximum atomic E-state index is 12.6. The Labute approximate surface area is 204 Å². The van der Waals surface area contributed by atoms with Gasteiger partial charge in [0.15, 0.2) is 0 Å². The van der Waals surface area contributed by atoms with Crippen LogP contribution >= 0.6 is 0 Å². The lowest BCUT2D eigenvalue weighted by molar-refractivity contribution is -0.208. The molecule has 196 valence electrons. The number of carbonyl (C=O) groups excluding carboxylic acids is 4. The third kappa shape index (κ3) is 5.61. The summed E-state index contributed by atoms with van der Waals surface area (Å²) in [6.45, 7) is 9.35. The Morgan fingerprint density at radius 3 is 2.29 bits per heavy atom. The fourth-order valence-electron chi connectivity index (χ4n) is 4.73. The molecule has 2 heterocycles. The second-order valence-corrected chi connectivity index (χ2v) is 10.1. The van der Waals surface area contributed by atoms with Crippen LogP contribution in [0.15, 0.2) is 11.8 Å². The second kappa shape index (κ2) is 10.1. The summed E-state index contributed by atoms with van der Waals surface area (Å²) >= 11 is 0. The van der Waals surface area contributed by atoms with Crippen molar-refractivity contribution in [2.24, 2.45) is 17.8 Å². The molecule has 2 fully saturated rings. The smallest absolute Gasteiger partial charge is 0.348 e. The number of fused-ring (bicyclic) bond motifs is 2. The molecule has 1 saturated carbocycles. The first-order valence-electron chi connectivity index (χ1n) is 11.7. The van der Waals surface area contributed by atoms with Crippen LogP contribution in [0.25, 0.3) is 0 Å². The number of aliphatic hydroxyl groups is 1. The van der Waals surface area contributed by atoms with E-state index in [0.717, 1.165) is 0 Å². The summed E-state index contributed by atoms with van der Waals surface area (Å²) in [7, 11) is 0. The normalized spacial score (nSPS) is 31.8. The maximum absolute atomic E-state index is 12.6. The molecule has 3 rings (SSSR count). The van der Waals surface area contributed by atoms with Crippen molar-refractivity contribution in [3.8, 4) is 0 Å². The molecule has 1 N–H and O–H groups in total. The molecule has 1 aliphatic carbocycles. The highest BCUT2D eigenvalue weighted by atomic mass is 16.7. The Balaban J connectivity index is 1.84. The average molecular weight is 499 g/mol. The fraction of sp³-hybridized carbons (Fsp3) is 0.750. The lowest BCUT2D eigenvalue weighted by Gasteiger charge is -2.40. The standard InChI is InChI=1S/C24H34O11/c1-12(2)7-18(27)35-22-20-23(29,8-17(33-14(5)25)24(20)11-32-24)16(10-31-22)9-30-21(28)19(13(3)4)34-15(6)26/h10,12-13,17,19-20,22,29H,7-9,11H2,1-6H3. The third-order valence-electron chi connectivity index (χ3n) is 6.36. The van der Waals surface area contributed by atoms with Crippen molar-refractivity contribution in [2.45, 2.75) is 84.1 Å². The van der Waals surface area contributed by atoms with Crippen molar-refractivity contribution in [1.29, 1.82) is 0 Å². The van der Waals surface area contributed by atoms with E-state index < -0.39 is 59.5 Å². The summed E-state index contributed by atoms with van der Waals surface area (Å²) in [4.78, 5) is 48.1. The minimum absolute atomic E-state index is 0.0464. The quantitative estimate of drug-likeness (QED) is 0.279. The predicted molar refractivity (Wildman–Crippen MR) is 117 cm³/mol. The Kier molecular flexibility index (Phi) is 7.80. The molecule has 11 nitrogen and oxygen atoms in total. The number of ether oxygens (including phenoxy) is 6. The van der Waals surface area contributed by atoms with E-state index in [-0.39, 0.29) is 43.5 Å². The van der Waals surface area contributed by atoms with Gasteiger partial charge in [-0.25, -0.2) is 4.79 Å². The molecule has 0 bridgehead atoms.